The quantitative estimate of drug-likeness (QED) is 0.623. The van der Waals surface area contributed by atoms with Gasteiger partial charge in [-0.1, -0.05) is 17.7 Å². The minimum atomic E-state index is -5.08. The second-order valence-corrected chi connectivity index (χ2v) is 10.1. The molecule has 3 aliphatic rings. The number of benzene rings is 1. The number of carbonyl (C=O) groups excluding carboxylic acids is 2. The van der Waals surface area contributed by atoms with Crippen molar-refractivity contribution in [1.82, 2.24) is 14.7 Å². The van der Waals surface area contributed by atoms with Gasteiger partial charge >= 0.3 is 18.2 Å². The summed E-state index contributed by atoms with van der Waals surface area (Å²) in [7, 11) is 3.65. The second kappa shape index (κ2) is 11.3. The number of carboxylic acid groups (broad SMARTS) is 1. The molecule has 9 nitrogen and oxygen atoms in total. The predicted molar refractivity (Wildman–Crippen MR) is 130 cm³/mol. The summed E-state index contributed by atoms with van der Waals surface area (Å²) in [4.78, 5) is 41.2. The Balaban J connectivity index is 0.000000479. The Morgan fingerprint density at radius 2 is 1.68 bits per heavy atom. The number of carboxylic acids is 1. The van der Waals surface area contributed by atoms with Crippen LogP contribution in [0.5, 0.6) is 0 Å². The van der Waals surface area contributed by atoms with Gasteiger partial charge in [-0.15, -0.1) is 0 Å². The van der Waals surface area contributed by atoms with Crippen molar-refractivity contribution < 1.29 is 37.4 Å². The van der Waals surface area contributed by atoms with Crippen LogP contribution in [0.15, 0.2) is 24.3 Å². The molecule has 3 heterocycles. The second-order valence-electron chi connectivity index (χ2n) is 10.1. The minimum Gasteiger partial charge on any atom is -0.475 e. The summed E-state index contributed by atoms with van der Waals surface area (Å²) in [5.41, 5.74) is 1.63. The van der Waals surface area contributed by atoms with Crippen molar-refractivity contribution in [3.05, 3.63) is 29.8 Å². The summed E-state index contributed by atoms with van der Waals surface area (Å²) < 4.78 is 37.0. The maximum Gasteiger partial charge on any atom is 0.490 e. The van der Waals surface area contributed by atoms with Crippen LogP contribution in [0.4, 0.5) is 23.7 Å². The van der Waals surface area contributed by atoms with Crippen LogP contribution in [0.1, 0.15) is 24.8 Å². The Hall–Kier alpha value is -2.86. The van der Waals surface area contributed by atoms with Gasteiger partial charge in [0.05, 0.1) is 12.0 Å². The van der Waals surface area contributed by atoms with Gasteiger partial charge in [0.1, 0.15) is 0 Å². The van der Waals surface area contributed by atoms with Gasteiger partial charge in [-0.25, -0.2) is 9.59 Å². The zero-order valence-electron chi connectivity index (χ0n) is 21.4. The van der Waals surface area contributed by atoms with E-state index in [1.807, 2.05) is 48.0 Å². The number of hydrogen-bond donors (Lipinski definition) is 2. The average Bonchev–Trinajstić information content (AvgIpc) is 3.31. The first-order valence-electron chi connectivity index (χ1n) is 12.2. The van der Waals surface area contributed by atoms with E-state index in [2.05, 4.69) is 10.2 Å². The van der Waals surface area contributed by atoms with Gasteiger partial charge in [-0.2, -0.15) is 13.2 Å². The van der Waals surface area contributed by atoms with Crippen molar-refractivity contribution in [3.63, 3.8) is 0 Å². The highest BCUT2D eigenvalue weighted by molar-refractivity contribution is 5.89. The van der Waals surface area contributed by atoms with E-state index in [0.29, 0.717) is 25.6 Å². The molecule has 0 saturated carbocycles. The average molecular weight is 529 g/mol. The maximum absolute atomic E-state index is 13.3. The molecule has 1 aromatic carbocycles. The number of methoxy groups -OCH3 is 1. The molecule has 2 spiro atoms. The Kier molecular flexibility index (Phi) is 8.74. The number of nitrogens with zero attached hydrogens (tertiary/aromatic N) is 3. The molecule has 0 bridgehead atoms. The Bertz CT molecular complexity index is 980. The largest absolute Gasteiger partial charge is 0.490 e. The number of aliphatic carboxylic acids is 1. The van der Waals surface area contributed by atoms with Crippen molar-refractivity contribution in [2.24, 2.45) is 10.8 Å². The zero-order valence-corrected chi connectivity index (χ0v) is 21.4. The normalized spacial score (nSPS) is 23.4. The monoisotopic (exact) mass is 528 g/mol. The Morgan fingerprint density at radius 3 is 2.16 bits per heavy atom. The molecule has 3 aliphatic heterocycles. The van der Waals surface area contributed by atoms with Gasteiger partial charge in [0.15, 0.2) is 0 Å². The van der Waals surface area contributed by atoms with Crippen molar-refractivity contribution in [2.45, 2.75) is 32.4 Å². The number of aryl methyl sites for hydroxylation is 1. The van der Waals surface area contributed by atoms with Gasteiger partial charge < -0.3 is 25.0 Å². The third-order valence-electron chi connectivity index (χ3n) is 7.83. The lowest BCUT2D eigenvalue weighted by Gasteiger charge is -2.46. The molecule has 1 unspecified atom stereocenters. The molecule has 1 aromatic rings. The van der Waals surface area contributed by atoms with E-state index in [-0.39, 0.29) is 16.9 Å². The summed E-state index contributed by atoms with van der Waals surface area (Å²) in [6.07, 6.45) is -2.42. The van der Waals surface area contributed by atoms with Crippen LogP contribution in [-0.2, 0) is 14.3 Å². The summed E-state index contributed by atoms with van der Waals surface area (Å²) in [6.45, 7) is 7.51. The molecular weight excluding hydrogens is 493 g/mol. The maximum atomic E-state index is 13.3. The molecular formula is C25H35F3N4O5. The summed E-state index contributed by atoms with van der Waals surface area (Å²) in [5.74, 6) is -2.47. The number of likely N-dealkylation sites (tertiary alicyclic amines) is 3. The van der Waals surface area contributed by atoms with E-state index in [9.17, 15) is 22.8 Å². The van der Waals surface area contributed by atoms with Crippen LogP contribution in [0, 0.1) is 17.8 Å². The number of carbonyl (C=O) groups is 3. The number of halogens is 3. The fraction of sp³-hybridized carbons (Fsp3) is 0.640. The van der Waals surface area contributed by atoms with Gasteiger partial charge in [-0.05, 0) is 38.3 Å². The van der Waals surface area contributed by atoms with Crippen LogP contribution in [0.2, 0.25) is 0 Å². The standard InChI is InChI=1S/C23H34N4O3.C2HF3O2/c1-18-4-6-19(7-5-18)24-21(29)27-12-8-22(9-13-27)16-26(14-15-30-3)17-23(22)10-11-25(2)20(23)28;3-2(4,5)1(6)7/h4-7H,8-17H2,1-3H3,(H,24,29);(H,6,7). The number of piperidine rings is 1. The highest BCUT2D eigenvalue weighted by atomic mass is 19.4. The molecule has 37 heavy (non-hydrogen) atoms. The van der Waals surface area contributed by atoms with Crippen LogP contribution in [0.3, 0.4) is 0 Å². The Labute approximate surface area is 214 Å². The lowest BCUT2D eigenvalue weighted by molar-refractivity contribution is -0.192. The molecule has 2 N–H and O–H groups in total. The Morgan fingerprint density at radius 1 is 1.08 bits per heavy atom. The lowest BCUT2D eigenvalue weighted by Crippen LogP contribution is -2.54. The van der Waals surface area contributed by atoms with Gasteiger partial charge in [0, 0.05) is 64.5 Å². The number of nitrogens with one attached hydrogen (secondary N) is 1. The molecule has 3 saturated heterocycles. The highest BCUT2D eigenvalue weighted by Crippen LogP contribution is 2.57. The minimum absolute atomic E-state index is 0.0492. The van der Waals surface area contributed by atoms with E-state index < -0.39 is 12.1 Å². The van der Waals surface area contributed by atoms with E-state index >= 15 is 0 Å². The zero-order chi connectivity index (χ0) is 27.4. The summed E-state index contributed by atoms with van der Waals surface area (Å²) >= 11 is 0. The van der Waals surface area contributed by atoms with Crippen LogP contribution in [0.25, 0.3) is 0 Å². The van der Waals surface area contributed by atoms with Gasteiger partial charge in [-0.3, -0.25) is 9.69 Å². The fourth-order valence-corrected chi connectivity index (χ4v) is 5.75. The van der Waals surface area contributed by atoms with Crippen LogP contribution in [-0.4, -0.2) is 104 Å². The number of hydrogen-bond acceptors (Lipinski definition) is 5. The lowest BCUT2D eigenvalue weighted by atomic mass is 9.60. The third kappa shape index (κ3) is 6.18. The highest BCUT2D eigenvalue weighted by Gasteiger charge is 2.64. The molecule has 3 fully saturated rings. The van der Waals surface area contributed by atoms with Crippen molar-refractivity contribution in [1.29, 1.82) is 0 Å². The molecule has 1 atom stereocenters. The first kappa shape index (κ1) is 28.7. The van der Waals surface area contributed by atoms with Crippen molar-refractivity contribution in [2.75, 3.05) is 65.3 Å². The molecule has 0 aliphatic carbocycles. The van der Waals surface area contributed by atoms with E-state index in [0.717, 1.165) is 51.1 Å². The molecule has 0 aromatic heterocycles. The van der Waals surface area contributed by atoms with Crippen LogP contribution >= 0.6 is 0 Å². The van der Waals surface area contributed by atoms with Crippen molar-refractivity contribution in [3.8, 4) is 0 Å². The number of ether oxygens (including phenoxy) is 1. The van der Waals surface area contributed by atoms with Crippen LogP contribution < -0.4 is 5.32 Å². The molecule has 0 radical (unpaired) electrons. The van der Waals surface area contributed by atoms with Crippen molar-refractivity contribution >= 4 is 23.6 Å². The first-order valence-corrected chi connectivity index (χ1v) is 12.2. The third-order valence-corrected chi connectivity index (χ3v) is 7.83. The number of amides is 3. The first-order chi connectivity index (χ1) is 17.3. The number of alkyl halides is 3. The SMILES string of the molecule is COCCN1CC2(CCN(C(=O)Nc3ccc(C)cc3)CC2)C2(CCN(C)C2=O)C1.O=C(O)C(F)(F)F. The number of rotatable bonds is 4. The van der Waals surface area contributed by atoms with Gasteiger partial charge in [0.25, 0.3) is 0 Å². The molecule has 3 amide bonds. The van der Waals surface area contributed by atoms with E-state index in [1.165, 1.54) is 5.56 Å². The summed E-state index contributed by atoms with van der Waals surface area (Å²) in [5, 5.41) is 10.1. The summed E-state index contributed by atoms with van der Waals surface area (Å²) in [6, 6.07) is 7.82. The topological polar surface area (TPSA) is 102 Å². The van der Waals surface area contributed by atoms with E-state index in [1.54, 1.807) is 7.11 Å². The number of anilines is 1. The number of urea groups is 1. The van der Waals surface area contributed by atoms with Gasteiger partial charge in [0.2, 0.25) is 5.91 Å². The molecule has 4 rings (SSSR count). The predicted octanol–water partition coefficient (Wildman–Crippen LogP) is 3.05. The molecule has 206 valence electrons. The molecule has 12 heteroatoms. The fourth-order valence-electron chi connectivity index (χ4n) is 5.75. The number of fused-ring (bicyclic) bond motifs is 1. The smallest absolute Gasteiger partial charge is 0.475 e. The van der Waals surface area contributed by atoms with E-state index in [4.69, 9.17) is 14.6 Å².